The van der Waals surface area contributed by atoms with Gasteiger partial charge in [-0.2, -0.15) is 8.42 Å². The molecule has 0 aliphatic rings. The van der Waals surface area contributed by atoms with Gasteiger partial charge in [-0.1, -0.05) is 41.9 Å². The summed E-state index contributed by atoms with van der Waals surface area (Å²) in [5, 5.41) is 15.1. The zero-order valence-corrected chi connectivity index (χ0v) is 15.4. The SMILES string of the molecule is NS(=O)(=O)N(Cc1ccco1)c1cc(Cl)c(-c2ccccc2)cc1C(=O)O. The minimum absolute atomic E-state index is 0.147. The number of hydrogen-bond donors (Lipinski definition) is 2. The zero-order valence-electron chi connectivity index (χ0n) is 13.9. The van der Waals surface area contributed by atoms with Crippen LogP contribution in [0.5, 0.6) is 0 Å². The highest BCUT2D eigenvalue weighted by molar-refractivity contribution is 7.90. The largest absolute Gasteiger partial charge is 0.478 e. The molecule has 0 atom stereocenters. The van der Waals surface area contributed by atoms with Crippen molar-refractivity contribution in [3.63, 3.8) is 0 Å². The van der Waals surface area contributed by atoms with Gasteiger partial charge in [0, 0.05) is 5.56 Å². The molecule has 7 nitrogen and oxygen atoms in total. The van der Waals surface area contributed by atoms with Crippen LogP contribution in [0.3, 0.4) is 0 Å². The van der Waals surface area contributed by atoms with Crippen molar-refractivity contribution in [2.45, 2.75) is 6.54 Å². The van der Waals surface area contributed by atoms with Crippen LogP contribution < -0.4 is 9.44 Å². The van der Waals surface area contributed by atoms with Crippen LogP contribution in [0, 0.1) is 0 Å². The highest BCUT2D eigenvalue weighted by Gasteiger charge is 2.26. The summed E-state index contributed by atoms with van der Waals surface area (Å²) in [6.45, 7) is -0.271. The maximum absolute atomic E-state index is 12.1. The Balaban J connectivity index is 2.18. The number of carboxylic acid groups (broad SMARTS) is 1. The van der Waals surface area contributed by atoms with Gasteiger partial charge in [0.05, 0.1) is 29.1 Å². The number of anilines is 1. The first-order valence-corrected chi connectivity index (χ1v) is 9.60. The average molecular weight is 407 g/mol. The van der Waals surface area contributed by atoms with E-state index in [0.29, 0.717) is 16.9 Å². The summed E-state index contributed by atoms with van der Waals surface area (Å²) < 4.78 is 30.2. The molecule has 3 rings (SSSR count). The molecule has 0 radical (unpaired) electrons. The number of aromatic carboxylic acids is 1. The number of carbonyl (C=O) groups is 1. The first-order chi connectivity index (χ1) is 12.8. The normalized spacial score (nSPS) is 11.3. The van der Waals surface area contributed by atoms with E-state index in [-0.39, 0.29) is 22.8 Å². The molecule has 0 saturated carbocycles. The van der Waals surface area contributed by atoms with Crippen molar-refractivity contribution in [1.29, 1.82) is 0 Å². The Kier molecular flexibility index (Phi) is 5.22. The molecule has 0 aliphatic carbocycles. The third-order valence-electron chi connectivity index (χ3n) is 3.86. The monoisotopic (exact) mass is 406 g/mol. The Morgan fingerprint density at radius 1 is 1.15 bits per heavy atom. The minimum atomic E-state index is -4.29. The summed E-state index contributed by atoms with van der Waals surface area (Å²) in [5.41, 5.74) is 0.764. The lowest BCUT2D eigenvalue weighted by Crippen LogP contribution is -2.37. The number of halogens is 1. The van der Waals surface area contributed by atoms with Gasteiger partial charge < -0.3 is 9.52 Å². The summed E-state index contributed by atoms with van der Waals surface area (Å²) in [7, 11) is -4.29. The van der Waals surface area contributed by atoms with Gasteiger partial charge in [-0.25, -0.2) is 14.2 Å². The van der Waals surface area contributed by atoms with E-state index < -0.39 is 16.2 Å². The molecule has 0 unspecified atom stereocenters. The fraction of sp³-hybridized carbons (Fsp3) is 0.0556. The van der Waals surface area contributed by atoms with Crippen molar-refractivity contribution in [3.8, 4) is 11.1 Å². The summed E-state index contributed by atoms with van der Waals surface area (Å²) in [6, 6.07) is 14.7. The van der Waals surface area contributed by atoms with E-state index in [1.165, 1.54) is 18.4 Å². The van der Waals surface area contributed by atoms with Gasteiger partial charge in [0.1, 0.15) is 5.76 Å². The molecule has 0 fully saturated rings. The molecule has 2 aromatic carbocycles. The van der Waals surface area contributed by atoms with Gasteiger partial charge in [-0.3, -0.25) is 0 Å². The van der Waals surface area contributed by atoms with Gasteiger partial charge in [0.2, 0.25) is 0 Å². The van der Waals surface area contributed by atoms with Gasteiger partial charge in [0.25, 0.3) is 10.2 Å². The van der Waals surface area contributed by atoms with Gasteiger partial charge >= 0.3 is 5.97 Å². The molecule has 0 aliphatic heterocycles. The van der Waals surface area contributed by atoms with Crippen LogP contribution >= 0.6 is 11.6 Å². The van der Waals surface area contributed by atoms with E-state index in [9.17, 15) is 18.3 Å². The van der Waals surface area contributed by atoms with E-state index >= 15 is 0 Å². The van der Waals surface area contributed by atoms with E-state index in [2.05, 4.69) is 0 Å². The van der Waals surface area contributed by atoms with Crippen LogP contribution in [0.15, 0.2) is 65.3 Å². The molecule has 3 aromatic rings. The van der Waals surface area contributed by atoms with Crippen LogP contribution in [0.1, 0.15) is 16.1 Å². The van der Waals surface area contributed by atoms with Crippen LogP contribution in [0.2, 0.25) is 5.02 Å². The summed E-state index contributed by atoms with van der Waals surface area (Å²) >= 11 is 6.34. The van der Waals surface area contributed by atoms with E-state index in [0.717, 1.165) is 4.31 Å². The molecule has 0 amide bonds. The topological polar surface area (TPSA) is 114 Å². The maximum atomic E-state index is 12.1. The third-order valence-corrected chi connectivity index (χ3v) is 5.11. The Bertz CT molecular complexity index is 1070. The lowest BCUT2D eigenvalue weighted by atomic mass is 10.0. The van der Waals surface area contributed by atoms with E-state index in [1.54, 1.807) is 36.4 Å². The standard InChI is InChI=1S/C18H15ClN2O5S/c19-16-10-17(21(27(20,24)25)11-13-7-4-8-26-13)15(18(22)23)9-14(16)12-5-2-1-3-6-12/h1-10H,11H2,(H,22,23)(H2,20,24,25). The van der Waals surface area contributed by atoms with Crippen LogP contribution in [0.4, 0.5) is 5.69 Å². The first-order valence-electron chi connectivity index (χ1n) is 7.72. The molecular formula is C18H15ClN2O5S. The smallest absolute Gasteiger partial charge is 0.337 e. The number of carboxylic acids is 1. The lowest BCUT2D eigenvalue weighted by Gasteiger charge is -2.23. The Morgan fingerprint density at radius 3 is 2.41 bits per heavy atom. The number of nitrogens with two attached hydrogens (primary N) is 1. The maximum Gasteiger partial charge on any atom is 0.337 e. The second-order valence-corrected chi connectivity index (χ2v) is 7.53. The van der Waals surface area contributed by atoms with Crippen molar-refractivity contribution >= 4 is 33.5 Å². The van der Waals surface area contributed by atoms with E-state index in [1.807, 2.05) is 6.07 Å². The quantitative estimate of drug-likeness (QED) is 0.650. The number of benzene rings is 2. The molecule has 9 heteroatoms. The van der Waals surface area contributed by atoms with E-state index in [4.69, 9.17) is 21.2 Å². The Morgan fingerprint density at radius 2 is 1.85 bits per heavy atom. The van der Waals surface area contributed by atoms with Crippen molar-refractivity contribution in [2.75, 3.05) is 4.31 Å². The third kappa shape index (κ3) is 4.13. The second-order valence-electron chi connectivity index (χ2n) is 5.65. The predicted molar refractivity (Wildman–Crippen MR) is 102 cm³/mol. The van der Waals surface area contributed by atoms with Crippen LogP contribution in [-0.4, -0.2) is 19.5 Å². The average Bonchev–Trinajstić information content (AvgIpc) is 3.12. The highest BCUT2D eigenvalue weighted by atomic mass is 35.5. The second kappa shape index (κ2) is 7.43. The van der Waals surface area contributed by atoms with Crippen molar-refractivity contribution in [3.05, 3.63) is 77.2 Å². The van der Waals surface area contributed by atoms with Crippen molar-refractivity contribution in [2.24, 2.45) is 5.14 Å². The number of furan rings is 1. The molecule has 1 heterocycles. The van der Waals surface area contributed by atoms with Gasteiger partial charge in [-0.05, 0) is 29.8 Å². The van der Waals surface area contributed by atoms with Gasteiger partial charge in [-0.15, -0.1) is 0 Å². The fourth-order valence-electron chi connectivity index (χ4n) is 2.64. The number of nitrogens with zero attached hydrogens (tertiary/aromatic N) is 1. The van der Waals surface area contributed by atoms with Gasteiger partial charge in [0.15, 0.2) is 0 Å². The van der Waals surface area contributed by atoms with Crippen LogP contribution in [0.25, 0.3) is 11.1 Å². The first kappa shape index (κ1) is 19.0. The molecule has 140 valence electrons. The highest BCUT2D eigenvalue weighted by Crippen LogP contribution is 2.36. The molecule has 1 aromatic heterocycles. The minimum Gasteiger partial charge on any atom is -0.478 e. The summed E-state index contributed by atoms with van der Waals surface area (Å²) in [5.74, 6) is -1.02. The van der Waals surface area contributed by atoms with Crippen LogP contribution in [-0.2, 0) is 16.8 Å². The van der Waals surface area contributed by atoms with Crippen molar-refractivity contribution < 1.29 is 22.7 Å². The molecular weight excluding hydrogens is 392 g/mol. The predicted octanol–water partition coefficient (Wildman–Crippen LogP) is 3.51. The molecule has 0 saturated heterocycles. The molecule has 27 heavy (non-hydrogen) atoms. The molecule has 0 bridgehead atoms. The van der Waals surface area contributed by atoms with Crippen molar-refractivity contribution in [1.82, 2.24) is 0 Å². The molecule has 3 N–H and O–H groups in total. The number of rotatable bonds is 6. The lowest BCUT2D eigenvalue weighted by molar-refractivity contribution is 0.0697. The zero-order chi connectivity index (χ0) is 19.6. The fourth-order valence-corrected chi connectivity index (χ4v) is 3.64. The Labute approximate surface area is 160 Å². The Hall–Kier alpha value is -2.81. The summed E-state index contributed by atoms with van der Waals surface area (Å²) in [6.07, 6.45) is 1.38. The summed E-state index contributed by atoms with van der Waals surface area (Å²) in [4.78, 5) is 11.8. The number of hydrogen-bond acceptors (Lipinski definition) is 4. The molecule has 0 spiro atoms.